The van der Waals surface area contributed by atoms with Crippen molar-refractivity contribution in [1.82, 2.24) is 14.6 Å². The number of imidazole rings is 1. The molecule has 0 N–H and O–H groups in total. The topological polar surface area (TPSA) is 30.2 Å². The molecule has 0 atom stereocenters. The average molecular weight is 254 g/mol. The molecule has 14 heavy (non-hydrogen) atoms. The zero-order valence-corrected chi connectivity index (χ0v) is 9.82. The number of hydrogen-bond donors (Lipinski definition) is 0. The van der Waals surface area contributed by atoms with E-state index in [4.69, 9.17) is 0 Å². The summed E-state index contributed by atoms with van der Waals surface area (Å²) in [7, 11) is 0. The summed E-state index contributed by atoms with van der Waals surface area (Å²) in [5.41, 5.74) is 1.99. The third-order valence-electron chi connectivity index (χ3n) is 1.96. The lowest BCUT2D eigenvalue weighted by atomic mass is 10.1. The predicted molar refractivity (Wildman–Crippen MR) is 59.2 cm³/mol. The lowest BCUT2D eigenvalue weighted by Crippen LogP contribution is -2.01. The SMILES string of the molecule is CC(C)Cc1ccc2nc(Br)cn2n1. The van der Waals surface area contributed by atoms with E-state index in [2.05, 4.69) is 39.9 Å². The molecule has 2 rings (SSSR count). The van der Waals surface area contributed by atoms with E-state index in [0.29, 0.717) is 5.92 Å². The molecule has 0 aliphatic carbocycles. The van der Waals surface area contributed by atoms with Crippen LogP contribution in [-0.2, 0) is 6.42 Å². The second-order valence-electron chi connectivity index (χ2n) is 3.79. The molecule has 2 heterocycles. The second-order valence-corrected chi connectivity index (χ2v) is 4.60. The van der Waals surface area contributed by atoms with Crippen LogP contribution >= 0.6 is 15.9 Å². The van der Waals surface area contributed by atoms with E-state index in [9.17, 15) is 0 Å². The van der Waals surface area contributed by atoms with Crippen LogP contribution < -0.4 is 0 Å². The molecule has 0 unspecified atom stereocenters. The Kier molecular flexibility index (Phi) is 2.54. The Morgan fingerprint density at radius 2 is 2.21 bits per heavy atom. The Morgan fingerprint density at radius 1 is 1.43 bits per heavy atom. The van der Waals surface area contributed by atoms with Crippen LogP contribution in [0.4, 0.5) is 0 Å². The first-order valence-corrected chi connectivity index (χ1v) is 5.45. The Hall–Kier alpha value is -0.900. The van der Waals surface area contributed by atoms with Crippen molar-refractivity contribution in [2.75, 3.05) is 0 Å². The zero-order valence-electron chi connectivity index (χ0n) is 8.24. The maximum absolute atomic E-state index is 4.46. The summed E-state index contributed by atoms with van der Waals surface area (Å²) in [6.45, 7) is 4.38. The van der Waals surface area contributed by atoms with Gasteiger partial charge in [0.15, 0.2) is 5.65 Å². The predicted octanol–water partition coefficient (Wildman–Crippen LogP) is 2.69. The van der Waals surface area contributed by atoms with Crippen molar-refractivity contribution in [1.29, 1.82) is 0 Å². The summed E-state index contributed by atoms with van der Waals surface area (Å²) >= 11 is 3.33. The highest BCUT2D eigenvalue weighted by atomic mass is 79.9. The highest BCUT2D eigenvalue weighted by Crippen LogP contribution is 2.11. The van der Waals surface area contributed by atoms with Gasteiger partial charge in [-0.15, -0.1) is 0 Å². The molecule has 0 aliphatic heterocycles. The fourth-order valence-electron chi connectivity index (χ4n) is 1.42. The highest BCUT2D eigenvalue weighted by Gasteiger charge is 2.03. The maximum atomic E-state index is 4.46. The van der Waals surface area contributed by atoms with Crippen molar-refractivity contribution in [2.45, 2.75) is 20.3 Å². The van der Waals surface area contributed by atoms with Crippen molar-refractivity contribution >= 4 is 21.6 Å². The number of nitrogens with zero attached hydrogens (tertiary/aromatic N) is 3. The summed E-state index contributed by atoms with van der Waals surface area (Å²) in [6.07, 6.45) is 2.88. The summed E-state index contributed by atoms with van der Waals surface area (Å²) in [4.78, 5) is 4.25. The van der Waals surface area contributed by atoms with Crippen molar-refractivity contribution < 1.29 is 0 Å². The molecule has 3 nitrogen and oxygen atoms in total. The van der Waals surface area contributed by atoms with Crippen molar-refractivity contribution in [3.63, 3.8) is 0 Å². The van der Waals surface area contributed by atoms with Crippen LogP contribution in [-0.4, -0.2) is 14.6 Å². The Bertz CT molecular complexity index is 448. The van der Waals surface area contributed by atoms with Crippen LogP contribution in [0.3, 0.4) is 0 Å². The maximum Gasteiger partial charge on any atom is 0.154 e. The van der Waals surface area contributed by atoms with Crippen LogP contribution in [0.15, 0.2) is 22.9 Å². The van der Waals surface area contributed by atoms with E-state index >= 15 is 0 Å². The first kappa shape index (κ1) is 9.65. The summed E-state index contributed by atoms with van der Waals surface area (Å²) in [6, 6.07) is 4.03. The summed E-state index contributed by atoms with van der Waals surface area (Å²) < 4.78 is 2.63. The molecule has 0 fully saturated rings. The van der Waals surface area contributed by atoms with Crippen molar-refractivity contribution in [3.05, 3.63) is 28.6 Å². The fraction of sp³-hybridized carbons (Fsp3) is 0.400. The monoisotopic (exact) mass is 253 g/mol. The van der Waals surface area contributed by atoms with Gasteiger partial charge in [-0.2, -0.15) is 5.10 Å². The normalized spacial score (nSPS) is 11.4. The smallest absolute Gasteiger partial charge is 0.154 e. The highest BCUT2D eigenvalue weighted by molar-refractivity contribution is 9.10. The molecule has 0 saturated heterocycles. The van der Waals surface area contributed by atoms with E-state index < -0.39 is 0 Å². The van der Waals surface area contributed by atoms with Gasteiger partial charge >= 0.3 is 0 Å². The van der Waals surface area contributed by atoms with Gasteiger partial charge in [0.2, 0.25) is 0 Å². The lowest BCUT2D eigenvalue weighted by molar-refractivity contribution is 0.624. The van der Waals surface area contributed by atoms with E-state index in [0.717, 1.165) is 22.4 Å². The van der Waals surface area contributed by atoms with E-state index in [1.165, 1.54) is 0 Å². The van der Waals surface area contributed by atoms with Gasteiger partial charge < -0.3 is 0 Å². The number of aromatic nitrogens is 3. The Balaban J connectivity index is 2.40. The zero-order chi connectivity index (χ0) is 10.1. The Labute approximate surface area is 91.3 Å². The second kappa shape index (κ2) is 3.69. The molecule has 0 saturated carbocycles. The standard InChI is InChI=1S/C10H12BrN3/c1-7(2)5-8-3-4-10-12-9(11)6-14(10)13-8/h3-4,6-7H,5H2,1-2H3. The summed E-state index contributed by atoms with van der Waals surface area (Å²) in [5.74, 6) is 0.631. The van der Waals surface area contributed by atoms with E-state index in [-0.39, 0.29) is 0 Å². The van der Waals surface area contributed by atoms with Crippen LogP contribution in [0.25, 0.3) is 5.65 Å². The minimum Gasteiger partial charge on any atom is -0.220 e. The number of fused-ring (bicyclic) bond motifs is 1. The van der Waals surface area contributed by atoms with Gasteiger partial charge in [0.05, 0.1) is 11.9 Å². The molecule has 0 radical (unpaired) electrons. The van der Waals surface area contributed by atoms with Gasteiger partial charge in [0.25, 0.3) is 0 Å². The van der Waals surface area contributed by atoms with Gasteiger partial charge in [-0.1, -0.05) is 13.8 Å². The molecule has 0 aliphatic rings. The largest absolute Gasteiger partial charge is 0.220 e. The van der Waals surface area contributed by atoms with Crippen molar-refractivity contribution in [2.24, 2.45) is 5.92 Å². The van der Waals surface area contributed by atoms with Gasteiger partial charge in [0, 0.05) is 0 Å². The van der Waals surface area contributed by atoms with Gasteiger partial charge in [-0.3, -0.25) is 0 Å². The quantitative estimate of drug-likeness (QED) is 0.824. The lowest BCUT2D eigenvalue weighted by Gasteiger charge is -2.03. The first-order chi connectivity index (χ1) is 6.65. The van der Waals surface area contributed by atoms with E-state index in [1.807, 2.05) is 22.8 Å². The van der Waals surface area contributed by atoms with Crippen LogP contribution in [0.2, 0.25) is 0 Å². The molecule has 0 amide bonds. The molecule has 2 aromatic rings. The molecular weight excluding hydrogens is 242 g/mol. The first-order valence-electron chi connectivity index (χ1n) is 4.66. The minimum absolute atomic E-state index is 0.631. The van der Waals surface area contributed by atoms with Crippen LogP contribution in [0, 0.1) is 5.92 Å². The molecule has 4 heteroatoms. The van der Waals surface area contributed by atoms with Crippen LogP contribution in [0.1, 0.15) is 19.5 Å². The van der Waals surface area contributed by atoms with Crippen molar-refractivity contribution in [3.8, 4) is 0 Å². The number of halogens is 1. The van der Waals surface area contributed by atoms with Gasteiger partial charge in [0.1, 0.15) is 4.60 Å². The van der Waals surface area contributed by atoms with Crippen LogP contribution in [0.5, 0.6) is 0 Å². The Morgan fingerprint density at radius 3 is 2.93 bits per heavy atom. The molecule has 0 aromatic carbocycles. The third kappa shape index (κ3) is 1.95. The van der Waals surface area contributed by atoms with E-state index in [1.54, 1.807) is 0 Å². The minimum atomic E-state index is 0.631. The average Bonchev–Trinajstić information content (AvgIpc) is 2.42. The third-order valence-corrected chi connectivity index (χ3v) is 2.35. The molecule has 0 bridgehead atoms. The fourth-order valence-corrected chi connectivity index (χ4v) is 1.80. The summed E-state index contributed by atoms with van der Waals surface area (Å²) in [5, 5.41) is 4.46. The number of rotatable bonds is 2. The number of hydrogen-bond acceptors (Lipinski definition) is 2. The van der Waals surface area contributed by atoms with Gasteiger partial charge in [-0.25, -0.2) is 9.50 Å². The molecule has 0 spiro atoms. The molecular formula is C10H12BrN3. The molecule has 74 valence electrons. The van der Waals surface area contributed by atoms with Gasteiger partial charge in [-0.05, 0) is 40.4 Å². The molecule has 2 aromatic heterocycles.